The molecule has 1 heterocycles. The first-order valence-corrected chi connectivity index (χ1v) is 6.95. The molecular formula is C17H25N3O. The summed E-state index contributed by atoms with van der Waals surface area (Å²) >= 11 is 0. The van der Waals surface area contributed by atoms with Gasteiger partial charge in [0.2, 0.25) is 0 Å². The van der Waals surface area contributed by atoms with Crippen molar-refractivity contribution in [1.29, 1.82) is 0 Å². The van der Waals surface area contributed by atoms with E-state index in [9.17, 15) is 5.11 Å². The van der Waals surface area contributed by atoms with Crippen LogP contribution in [0.2, 0.25) is 0 Å². The van der Waals surface area contributed by atoms with E-state index in [1.807, 2.05) is 58.0 Å². The van der Waals surface area contributed by atoms with Gasteiger partial charge in [-0.3, -0.25) is 0 Å². The third-order valence-corrected chi connectivity index (χ3v) is 2.38. The Balaban J connectivity index is 0.000000741. The lowest BCUT2D eigenvalue weighted by atomic mass is 10.3. The van der Waals surface area contributed by atoms with Gasteiger partial charge in [0.1, 0.15) is 22.5 Å². The summed E-state index contributed by atoms with van der Waals surface area (Å²) in [6, 6.07) is 14.6. The van der Waals surface area contributed by atoms with Crippen LogP contribution in [-0.4, -0.2) is 20.1 Å². The minimum Gasteiger partial charge on any atom is -0.506 e. The van der Waals surface area contributed by atoms with Gasteiger partial charge in [-0.05, 0) is 24.3 Å². The molecule has 2 aromatic carbocycles. The number of phenols is 1. The third kappa shape index (κ3) is 4.31. The molecule has 0 aliphatic heterocycles. The van der Waals surface area contributed by atoms with Crippen LogP contribution in [0, 0.1) is 0 Å². The molecule has 0 unspecified atom stereocenters. The molecule has 4 nitrogen and oxygen atoms in total. The number of aromatic nitrogens is 3. The fraction of sp³-hybridized carbons (Fsp3) is 0.294. The van der Waals surface area contributed by atoms with Crippen molar-refractivity contribution in [2.75, 3.05) is 0 Å². The largest absolute Gasteiger partial charge is 0.506 e. The summed E-state index contributed by atoms with van der Waals surface area (Å²) < 4.78 is 0. The van der Waals surface area contributed by atoms with Crippen molar-refractivity contribution < 1.29 is 5.11 Å². The van der Waals surface area contributed by atoms with Crippen molar-refractivity contribution in [2.24, 2.45) is 0 Å². The number of benzene rings is 2. The maximum absolute atomic E-state index is 9.69. The number of hydrogen-bond acceptors (Lipinski definition) is 3. The second-order valence-electron chi connectivity index (χ2n) is 3.47. The van der Waals surface area contributed by atoms with Crippen molar-refractivity contribution in [3.05, 3.63) is 48.5 Å². The minimum atomic E-state index is 0. The molecule has 3 rings (SSSR count). The molecule has 0 aliphatic carbocycles. The number of rotatable bonds is 1. The van der Waals surface area contributed by atoms with Gasteiger partial charge in [-0.25, -0.2) is 0 Å². The molecule has 0 radical (unpaired) electrons. The number of hydrogen-bond donors (Lipinski definition) is 1. The number of fused-ring (bicyclic) bond motifs is 1. The number of nitrogens with zero attached hydrogens (tertiary/aromatic N) is 3. The molecule has 3 aromatic rings. The lowest BCUT2D eigenvalue weighted by Crippen LogP contribution is -1.98. The van der Waals surface area contributed by atoms with Crippen LogP contribution in [0.15, 0.2) is 48.5 Å². The average Bonchev–Trinajstić information content (AvgIpc) is 2.95. The SMILES string of the molecule is C.CC.CC.Oc1ccccc1-n1nc2ccccc2n1. The molecule has 21 heavy (non-hydrogen) atoms. The van der Waals surface area contributed by atoms with E-state index >= 15 is 0 Å². The lowest BCUT2D eigenvalue weighted by Gasteiger charge is -2.00. The lowest BCUT2D eigenvalue weighted by molar-refractivity contribution is 0.468. The van der Waals surface area contributed by atoms with Gasteiger partial charge in [-0.2, -0.15) is 0 Å². The molecular weight excluding hydrogens is 262 g/mol. The van der Waals surface area contributed by atoms with Crippen LogP contribution in [-0.2, 0) is 0 Å². The van der Waals surface area contributed by atoms with Crippen molar-refractivity contribution >= 4 is 11.0 Å². The third-order valence-electron chi connectivity index (χ3n) is 2.38. The Morgan fingerprint density at radius 1 is 0.762 bits per heavy atom. The Morgan fingerprint density at radius 2 is 1.19 bits per heavy atom. The van der Waals surface area contributed by atoms with Crippen LogP contribution in [0.25, 0.3) is 16.7 Å². The minimum absolute atomic E-state index is 0. The first kappa shape index (κ1) is 18.6. The van der Waals surface area contributed by atoms with Gasteiger partial charge in [0, 0.05) is 0 Å². The molecule has 0 bridgehead atoms. The molecule has 1 aromatic heterocycles. The highest BCUT2D eigenvalue weighted by Gasteiger charge is 2.06. The van der Waals surface area contributed by atoms with Gasteiger partial charge in [-0.1, -0.05) is 59.4 Å². The van der Waals surface area contributed by atoms with Gasteiger partial charge in [0.15, 0.2) is 0 Å². The van der Waals surface area contributed by atoms with Crippen LogP contribution in [0.4, 0.5) is 0 Å². The van der Waals surface area contributed by atoms with E-state index in [4.69, 9.17) is 0 Å². The summed E-state index contributed by atoms with van der Waals surface area (Å²) in [5.74, 6) is 0.169. The second kappa shape index (κ2) is 9.53. The Kier molecular flexibility index (Phi) is 8.46. The second-order valence-corrected chi connectivity index (χ2v) is 3.47. The van der Waals surface area contributed by atoms with E-state index in [0.29, 0.717) is 5.69 Å². The quantitative estimate of drug-likeness (QED) is 0.698. The Hall–Kier alpha value is -2.36. The summed E-state index contributed by atoms with van der Waals surface area (Å²) in [5, 5.41) is 18.3. The zero-order valence-corrected chi connectivity index (χ0v) is 12.4. The highest BCUT2D eigenvalue weighted by atomic mass is 16.3. The van der Waals surface area contributed by atoms with E-state index in [-0.39, 0.29) is 13.2 Å². The van der Waals surface area contributed by atoms with E-state index < -0.39 is 0 Å². The summed E-state index contributed by atoms with van der Waals surface area (Å²) in [6.07, 6.45) is 0. The predicted molar refractivity (Wildman–Crippen MR) is 90.0 cm³/mol. The van der Waals surface area contributed by atoms with Crippen molar-refractivity contribution in [3.8, 4) is 11.4 Å². The van der Waals surface area contributed by atoms with Crippen LogP contribution in [0.1, 0.15) is 35.1 Å². The number of phenolic OH excluding ortho intramolecular Hbond substituents is 1. The van der Waals surface area contributed by atoms with Crippen LogP contribution >= 0.6 is 0 Å². The molecule has 0 saturated heterocycles. The number of para-hydroxylation sites is 2. The molecule has 0 aliphatic rings. The number of aromatic hydroxyl groups is 1. The smallest absolute Gasteiger partial charge is 0.143 e. The van der Waals surface area contributed by atoms with Crippen molar-refractivity contribution in [2.45, 2.75) is 35.1 Å². The van der Waals surface area contributed by atoms with Crippen LogP contribution in [0.3, 0.4) is 0 Å². The zero-order valence-electron chi connectivity index (χ0n) is 12.4. The first-order chi connectivity index (χ1) is 9.84. The summed E-state index contributed by atoms with van der Waals surface area (Å²) in [7, 11) is 0. The standard InChI is InChI=1S/C12H9N3O.2C2H6.CH4/c16-12-8-4-3-7-11(12)15-13-9-5-1-2-6-10(9)14-15;2*1-2;/h1-8,16H;2*1-2H3;1H4. The van der Waals surface area contributed by atoms with Crippen molar-refractivity contribution in [3.63, 3.8) is 0 Å². The Bertz CT molecular complexity index is 614. The van der Waals surface area contributed by atoms with Gasteiger partial charge in [0.05, 0.1) is 0 Å². The summed E-state index contributed by atoms with van der Waals surface area (Å²) in [4.78, 5) is 1.44. The van der Waals surface area contributed by atoms with Gasteiger partial charge in [-0.15, -0.1) is 15.0 Å². The molecule has 0 spiro atoms. The van der Waals surface area contributed by atoms with Crippen molar-refractivity contribution in [1.82, 2.24) is 15.0 Å². The molecule has 0 fully saturated rings. The topological polar surface area (TPSA) is 50.9 Å². The fourth-order valence-corrected chi connectivity index (χ4v) is 1.60. The predicted octanol–water partition coefficient (Wildman–Crippen LogP) is 4.81. The van der Waals surface area contributed by atoms with Crippen LogP contribution < -0.4 is 0 Å². The van der Waals surface area contributed by atoms with Gasteiger partial charge < -0.3 is 5.11 Å². The molecule has 114 valence electrons. The van der Waals surface area contributed by atoms with E-state index in [0.717, 1.165) is 11.0 Å². The molecule has 0 atom stereocenters. The van der Waals surface area contributed by atoms with Gasteiger partial charge >= 0.3 is 0 Å². The highest BCUT2D eigenvalue weighted by molar-refractivity contribution is 5.73. The summed E-state index contributed by atoms with van der Waals surface area (Å²) in [6.45, 7) is 8.00. The normalized spacial score (nSPS) is 8.76. The van der Waals surface area contributed by atoms with E-state index in [1.54, 1.807) is 18.2 Å². The highest BCUT2D eigenvalue weighted by Crippen LogP contribution is 2.20. The van der Waals surface area contributed by atoms with Crippen LogP contribution in [0.5, 0.6) is 5.75 Å². The van der Waals surface area contributed by atoms with E-state index in [1.165, 1.54) is 4.80 Å². The molecule has 0 amide bonds. The maximum Gasteiger partial charge on any atom is 0.143 e. The average molecular weight is 287 g/mol. The first-order valence-electron chi connectivity index (χ1n) is 6.95. The fourth-order valence-electron chi connectivity index (χ4n) is 1.60. The molecule has 4 heteroatoms. The van der Waals surface area contributed by atoms with Gasteiger partial charge in [0.25, 0.3) is 0 Å². The zero-order chi connectivity index (χ0) is 15.0. The summed E-state index contributed by atoms with van der Waals surface area (Å²) in [5.41, 5.74) is 2.20. The Labute approximate surface area is 127 Å². The Morgan fingerprint density at radius 3 is 1.67 bits per heavy atom. The molecule has 0 saturated carbocycles. The molecule has 1 N–H and O–H groups in total. The maximum atomic E-state index is 9.69. The monoisotopic (exact) mass is 287 g/mol. The van der Waals surface area contributed by atoms with E-state index in [2.05, 4.69) is 10.2 Å².